The molecule has 3 atom stereocenters. The molecule has 5 nitrogen and oxygen atoms in total. The minimum Gasteiger partial charge on any atom is -0.452 e. The van der Waals surface area contributed by atoms with Gasteiger partial charge < -0.3 is 14.1 Å². The van der Waals surface area contributed by atoms with Crippen LogP contribution in [-0.2, 0) is 18.8 Å². The second kappa shape index (κ2) is 11.0. The highest BCUT2D eigenvalue weighted by molar-refractivity contribution is 6.99. The lowest BCUT2D eigenvalue weighted by Crippen LogP contribution is -2.67. The minimum atomic E-state index is -2.80. The number of esters is 1. The zero-order chi connectivity index (χ0) is 26.6. The van der Waals surface area contributed by atoms with Gasteiger partial charge in [-0.1, -0.05) is 100 Å². The molecule has 2 aliphatic rings. The van der Waals surface area contributed by atoms with Crippen molar-refractivity contribution in [1.82, 2.24) is 4.90 Å². The van der Waals surface area contributed by atoms with Crippen molar-refractivity contribution in [3.8, 4) is 0 Å². The van der Waals surface area contributed by atoms with E-state index in [9.17, 15) is 9.59 Å². The Hall–Kier alpha value is -3.22. The molecule has 4 rings (SSSR count). The standard InChI is InChI=1S/C31H37NO4Si/c1-6-23-21-29(34)36-30(23)27-19-14-20-28(33)32(27)24(7-2)22-35-37(31(3,4)5,25-15-10-8-11-16-25)26-17-12-9-13-18-26/h6-13,15-18,21,24,27,30H,1-2,14,19-20,22H2,3-5H3/t24-,27+,30+/m1/s1. The van der Waals surface area contributed by atoms with Crippen molar-refractivity contribution >= 4 is 30.6 Å². The molecule has 0 radical (unpaired) electrons. The maximum Gasteiger partial charge on any atom is 0.331 e. The zero-order valence-corrected chi connectivity index (χ0v) is 23.1. The van der Waals surface area contributed by atoms with E-state index >= 15 is 0 Å². The van der Waals surface area contributed by atoms with E-state index < -0.39 is 20.4 Å². The van der Waals surface area contributed by atoms with Crippen LogP contribution in [0.1, 0.15) is 40.0 Å². The van der Waals surface area contributed by atoms with E-state index in [0.29, 0.717) is 18.6 Å². The van der Waals surface area contributed by atoms with Gasteiger partial charge in [-0.05, 0) is 28.3 Å². The quantitative estimate of drug-likeness (QED) is 0.280. The van der Waals surface area contributed by atoms with Crippen LogP contribution in [0.4, 0.5) is 0 Å². The third-order valence-electron chi connectivity index (χ3n) is 7.49. The summed E-state index contributed by atoms with van der Waals surface area (Å²) in [6, 6.07) is 20.2. The molecule has 0 N–H and O–H groups in total. The summed E-state index contributed by atoms with van der Waals surface area (Å²) in [7, 11) is -2.80. The van der Waals surface area contributed by atoms with E-state index in [-0.39, 0.29) is 23.0 Å². The van der Waals surface area contributed by atoms with Crippen LogP contribution >= 0.6 is 0 Å². The molecule has 0 bridgehead atoms. The number of hydrogen-bond acceptors (Lipinski definition) is 4. The lowest BCUT2D eigenvalue weighted by atomic mass is 9.91. The maximum absolute atomic E-state index is 13.3. The van der Waals surface area contributed by atoms with Crippen LogP contribution in [0.25, 0.3) is 0 Å². The zero-order valence-electron chi connectivity index (χ0n) is 22.1. The van der Waals surface area contributed by atoms with Gasteiger partial charge in [0, 0.05) is 18.1 Å². The Kier molecular flexibility index (Phi) is 8.00. The topological polar surface area (TPSA) is 55.8 Å². The number of benzene rings is 2. The predicted octanol–water partition coefficient (Wildman–Crippen LogP) is 4.54. The van der Waals surface area contributed by atoms with Gasteiger partial charge in [0.05, 0.1) is 18.7 Å². The highest BCUT2D eigenvalue weighted by Crippen LogP contribution is 2.38. The number of amides is 1. The van der Waals surface area contributed by atoms with E-state index in [4.69, 9.17) is 9.16 Å². The Bertz CT molecular complexity index is 1130. The first-order valence-electron chi connectivity index (χ1n) is 13.0. The highest BCUT2D eigenvalue weighted by Gasteiger charge is 2.51. The molecule has 1 saturated heterocycles. The van der Waals surface area contributed by atoms with Crippen molar-refractivity contribution in [2.24, 2.45) is 0 Å². The van der Waals surface area contributed by atoms with E-state index in [1.54, 1.807) is 12.2 Å². The molecular weight excluding hydrogens is 478 g/mol. The summed E-state index contributed by atoms with van der Waals surface area (Å²) in [5.74, 6) is -0.366. The predicted molar refractivity (Wildman–Crippen MR) is 150 cm³/mol. The van der Waals surface area contributed by atoms with Crippen LogP contribution in [0.3, 0.4) is 0 Å². The first-order valence-corrected chi connectivity index (χ1v) is 14.9. The summed E-state index contributed by atoms with van der Waals surface area (Å²) >= 11 is 0. The van der Waals surface area contributed by atoms with Crippen molar-refractivity contribution in [3.05, 3.63) is 97.6 Å². The Morgan fingerprint density at radius 3 is 2.16 bits per heavy atom. The van der Waals surface area contributed by atoms with E-state index in [1.807, 2.05) is 17.0 Å². The molecule has 2 heterocycles. The number of carbonyl (C=O) groups excluding carboxylic acids is 2. The van der Waals surface area contributed by atoms with Crippen LogP contribution in [0.5, 0.6) is 0 Å². The van der Waals surface area contributed by atoms with Crippen molar-refractivity contribution in [2.45, 2.75) is 63.3 Å². The van der Waals surface area contributed by atoms with Crippen molar-refractivity contribution in [2.75, 3.05) is 6.61 Å². The molecule has 2 aliphatic heterocycles. The number of likely N-dealkylation sites (tertiary alicyclic amines) is 1. The van der Waals surface area contributed by atoms with Crippen LogP contribution in [-0.4, -0.2) is 49.9 Å². The summed E-state index contributed by atoms with van der Waals surface area (Å²) in [4.78, 5) is 27.3. The van der Waals surface area contributed by atoms with Crippen LogP contribution in [0.15, 0.2) is 97.6 Å². The van der Waals surface area contributed by atoms with Gasteiger partial charge in [0.25, 0.3) is 8.32 Å². The van der Waals surface area contributed by atoms with Crippen LogP contribution < -0.4 is 10.4 Å². The minimum absolute atomic E-state index is 0.0264. The molecule has 1 amide bonds. The smallest absolute Gasteiger partial charge is 0.331 e. The Balaban J connectivity index is 1.72. The van der Waals surface area contributed by atoms with E-state index in [2.05, 4.69) is 82.5 Å². The first kappa shape index (κ1) is 26.8. The Morgan fingerprint density at radius 1 is 1.05 bits per heavy atom. The Morgan fingerprint density at radius 2 is 1.65 bits per heavy atom. The summed E-state index contributed by atoms with van der Waals surface area (Å²) in [5.41, 5.74) is 0.713. The molecule has 2 aromatic carbocycles. The molecule has 194 valence electrons. The molecule has 2 aromatic rings. The van der Waals surface area contributed by atoms with Crippen LogP contribution in [0, 0.1) is 0 Å². The largest absolute Gasteiger partial charge is 0.452 e. The summed E-state index contributed by atoms with van der Waals surface area (Å²) < 4.78 is 12.8. The monoisotopic (exact) mass is 515 g/mol. The number of carbonyl (C=O) groups is 2. The van der Waals surface area contributed by atoms with Gasteiger partial charge in [-0.15, -0.1) is 6.58 Å². The Labute approximate surface area is 221 Å². The average Bonchev–Trinajstić information content (AvgIpc) is 3.28. The average molecular weight is 516 g/mol. The second-order valence-corrected chi connectivity index (χ2v) is 15.0. The molecule has 6 heteroatoms. The molecule has 37 heavy (non-hydrogen) atoms. The fourth-order valence-corrected chi connectivity index (χ4v) is 10.4. The summed E-state index contributed by atoms with van der Waals surface area (Å²) in [6.45, 7) is 14.9. The number of ether oxygens (including phenoxy) is 1. The second-order valence-electron chi connectivity index (χ2n) is 10.7. The van der Waals surface area contributed by atoms with Gasteiger partial charge in [0.1, 0.15) is 6.10 Å². The number of hydrogen-bond donors (Lipinski definition) is 0. The molecule has 1 fully saturated rings. The highest BCUT2D eigenvalue weighted by atomic mass is 28.4. The van der Waals surface area contributed by atoms with Gasteiger partial charge in [0.15, 0.2) is 0 Å². The third kappa shape index (κ3) is 5.13. The van der Waals surface area contributed by atoms with E-state index in [1.165, 1.54) is 16.4 Å². The lowest BCUT2D eigenvalue weighted by molar-refractivity contribution is -0.150. The summed E-state index contributed by atoms with van der Waals surface area (Å²) in [5, 5.41) is 2.17. The number of rotatable bonds is 9. The van der Waals surface area contributed by atoms with Crippen LogP contribution in [0.2, 0.25) is 5.04 Å². The molecule has 0 spiro atoms. The molecule has 0 aliphatic carbocycles. The third-order valence-corrected chi connectivity index (χ3v) is 12.5. The van der Waals surface area contributed by atoms with Gasteiger partial charge >= 0.3 is 5.97 Å². The van der Waals surface area contributed by atoms with E-state index in [0.717, 1.165) is 12.8 Å². The fourth-order valence-electron chi connectivity index (χ4n) is 5.80. The number of piperidine rings is 1. The van der Waals surface area contributed by atoms with Gasteiger partial charge in [0.2, 0.25) is 5.91 Å². The van der Waals surface area contributed by atoms with Crippen molar-refractivity contribution in [3.63, 3.8) is 0 Å². The molecule has 0 aromatic heterocycles. The van der Waals surface area contributed by atoms with Gasteiger partial charge in [-0.25, -0.2) is 4.79 Å². The maximum atomic E-state index is 13.3. The lowest BCUT2D eigenvalue weighted by Gasteiger charge is -2.46. The first-order chi connectivity index (χ1) is 17.7. The number of nitrogens with zero attached hydrogens (tertiary/aromatic N) is 1. The number of cyclic esters (lactones) is 1. The SMILES string of the molecule is C=CC1=CC(=O)O[C@@H]1[C@@H]1CCCC(=O)N1[C@H](C=C)CO[Si](c1ccccc1)(c1ccccc1)C(C)(C)C. The normalized spacial score (nSPS) is 21.3. The molecule has 0 saturated carbocycles. The van der Waals surface area contributed by atoms with Gasteiger partial charge in [-0.3, -0.25) is 4.79 Å². The van der Waals surface area contributed by atoms with Crippen molar-refractivity contribution in [1.29, 1.82) is 0 Å². The molecular formula is C31H37NO4Si. The molecule has 0 unspecified atom stereocenters. The summed E-state index contributed by atoms with van der Waals surface area (Å²) in [6.07, 6.45) is 6.32. The van der Waals surface area contributed by atoms with Gasteiger partial charge in [-0.2, -0.15) is 0 Å². The fraction of sp³-hybridized carbons (Fsp3) is 0.355. The van der Waals surface area contributed by atoms with Crippen molar-refractivity contribution < 1.29 is 18.8 Å².